The van der Waals surface area contributed by atoms with E-state index in [9.17, 15) is 39.9 Å². The average molecular weight is 493 g/mol. The van der Waals surface area contributed by atoms with Gasteiger partial charge in [-0.25, -0.2) is 4.98 Å². The fraction of sp³-hybridized carbons (Fsp3) is 0.250. The molecule has 3 rings (SSSR count). The molecule has 6 nitrogen and oxygen atoms in total. The SMILES string of the molecule is Cc1cn2c(=O)c(/C(C=N)=C/NCC(F)(F)C(F)(F)F)c(C(F)(F)F)nc2n1-c1ccccc1. The third-order valence-corrected chi connectivity index (χ3v) is 4.69. The lowest BCUT2D eigenvalue weighted by Crippen LogP contribution is -2.44. The minimum Gasteiger partial charge on any atom is -0.384 e. The van der Waals surface area contributed by atoms with Crippen LogP contribution in [0.2, 0.25) is 0 Å². The largest absolute Gasteiger partial charge is 0.455 e. The zero-order chi connectivity index (χ0) is 25.5. The lowest BCUT2D eigenvalue weighted by atomic mass is 10.1. The quantitative estimate of drug-likeness (QED) is 0.390. The van der Waals surface area contributed by atoms with Gasteiger partial charge in [0.25, 0.3) is 5.56 Å². The van der Waals surface area contributed by atoms with Crippen molar-refractivity contribution in [2.75, 3.05) is 6.54 Å². The second-order valence-corrected chi connectivity index (χ2v) is 7.08. The number of hydrogen-bond acceptors (Lipinski definition) is 4. The highest BCUT2D eigenvalue weighted by Gasteiger charge is 2.57. The number of para-hydroxylation sites is 1. The van der Waals surface area contributed by atoms with E-state index in [4.69, 9.17) is 5.41 Å². The lowest BCUT2D eigenvalue weighted by molar-refractivity contribution is -0.278. The van der Waals surface area contributed by atoms with Gasteiger partial charge in [-0.3, -0.25) is 13.8 Å². The zero-order valence-corrected chi connectivity index (χ0v) is 17.1. The molecule has 2 heterocycles. The molecule has 0 saturated carbocycles. The van der Waals surface area contributed by atoms with E-state index < -0.39 is 53.0 Å². The number of fused-ring (bicyclic) bond motifs is 1. The molecule has 0 aliphatic carbocycles. The van der Waals surface area contributed by atoms with Crippen molar-refractivity contribution in [1.82, 2.24) is 19.3 Å². The number of alkyl halides is 8. The molecule has 182 valence electrons. The Morgan fingerprint density at radius 1 is 1.09 bits per heavy atom. The lowest BCUT2D eigenvalue weighted by Gasteiger charge is -2.19. The molecule has 0 radical (unpaired) electrons. The van der Waals surface area contributed by atoms with Crippen LogP contribution < -0.4 is 10.9 Å². The van der Waals surface area contributed by atoms with Crippen molar-refractivity contribution >= 4 is 17.6 Å². The van der Waals surface area contributed by atoms with Gasteiger partial charge in [-0.2, -0.15) is 35.1 Å². The van der Waals surface area contributed by atoms with Gasteiger partial charge >= 0.3 is 18.3 Å². The molecule has 0 bridgehead atoms. The first-order chi connectivity index (χ1) is 15.7. The van der Waals surface area contributed by atoms with Crippen molar-refractivity contribution < 1.29 is 35.1 Å². The van der Waals surface area contributed by atoms with E-state index in [0.29, 0.717) is 17.6 Å². The molecule has 14 heteroatoms. The van der Waals surface area contributed by atoms with Gasteiger partial charge in [0.2, 0.25) is 5.78 Å². The molecule has 0 aliphatic rings. The Morgan fingerprint density at radius 3 is 2.24 bits per heavy atom. The molecule has 0 spiro atoms. The molecule has 2 N–H and O–H groups in total. The molecule has 1 aromatic carbocycles. The fourth-order valence-corrected chi connectivity index (χ4v) is 3.14. The number of imidazole rings is 1. The summed E-state index contributed by atoms with van der Waals surface area (Å²) in [6.07, 6.45) is -9.41. The predicted octanol–water partition coefficient (Wildman–Crippen LogP) is 4.59. The normalized spacial score (nSPS) is 13.4. The van der Waals surface area contributed by atoms with Crippen molar-refractivity contribution in [3.63, 3.8) is 0 Å². The molecule has 0 aliphatic heterocycles. The Labute approximate surface area is 185 Å². The molecular weight excluding hydrogens is 478 g/mol. The molecule has 34 heavy (non-hydrogen) atoms. The average Bonchev–Trinajstić information content (AvgIpc) is 3.07. The Morgan fingerprint density at radius 2 is 1.71 bits per heavy atom. The van der Waals surface area contributed by atoms with Crippen molar-refractivity contribution in [3.8, 4) is 5.69 Å². The molecule has 0 saturated heterocycles. The van der Waals surface area contributed by atoms with Crippen LogP contribution in [0.4, 0.5) is 35.1 Å². The number of nitrogens with zero attached hydrogens (tertiary/aromatic N) is 3. The third-order valence-electron chi connectivity index (χ3n) is 4.69. The fourth-order valence-electron chi connectivity index (χ4n) is 3.14. The first-order valence-corrected chi connectivity index (χ1v) is 9.35. The van der Waals surface area contributed by atoms with Crippen LogP contribution in [0, 0.1) is 12.3 Å². The van der Waals surface area contributed by atoms with Crippen LogP contribution in [0.3, 0.4) is 0 Å². The molecule has 0 fully saturated rings. The number of hydrogen-bond donors (Lipinski definition) is 2. The molecule has 2 aromatic heterocycles. The highest BCUT2D eigenvalue weighted by Crippen LogP contribution is 2.35. The molecular formula is C20H15F8N5O. The molecule has 0 unspecified atom stereocenters. The number of rotatable bonds is 6. The van der Waals surface area contributed by atoms with E-state index in [0.717, 1.165) is 4.40 Å². The second kappa shape index (κ2) is 8.57. The van der Waals surface area contributed by atoms with Gasteiger partial charge in [-0.15, -0.1) is 0 Å². The van der Waals surface area contributed by atoms with Gasteiger partial charge < -0.3 is 10.7 Å². The Hall–Kier alpha value is -3.71. The van der Waals surface area contributed by atoms with Crippen LogP contribution in [0.1, 0.15) is 17.0 Å². The van der Waals surface area contributed by atoms with Crippen molar-refractivity contribution in [3.05, 3.63) is 70.0 Å². The van der Waals surface area contributed by atoms with E-state index >= 15 is 0 Å². The van der Waals surface area contributed by atoms with E-state index in [1.54, 1.807) is 35.6 Å². The van der Waals surface area contributed by atoms with Crippen LogP contribution in [-0.2, 0) is 6.18 Å². The monoisotopic (exact) mass is 493 g/mol. The number of allylic oxidation sites excluding steroid dienone is 1. The number of halogens is 8. The van der Waals surface area contributed by atoms with Gasteiger partial charge in [-0.05, 0) is 19.1 Å². The summed E-state index contributed by atoms with van der Waals surface area (Å²) in [6, 6.07) is 8.02. The van der Waals surface area contributed by atoms with Crippen LogP contribution in [0.15, 0.2) is 47.5 Å². The number of aryl methyl sites for hydroxylation is 1. The van der Waals surface area contributed by atoms with Gasteiger partial charge in [0.05, 0.1) is 12.1 Å². The third kappa shape index (κ3) is 4.52. The molecule has 0 amide bonds. The van der Waals surface area contributed by atoms with Crippen LogP contribution in [0.25, 0.3) is 17.0 Å². The van der Waals surface area contributed by atoms with Crippen LogP contribution in [-0.4, -0.2) is 38.8 Å². The van der Waals surface area contributed by atoms with Crippen molar-refractivity contribution in [2.45, 2.75) is 25.2 Å². The van der Waals surface area contributed by atoms with Crippen molar-refractivity contribution in [1.29, 1.82) is 5.41 Å². The second-order valence-electron chi connectivity index (χ2n) is 7.08. The summed E-state index contributed by atoms with van der Waals surface area (Å²) in [6.45, 7) is -0.516. The number of aromatic nitrogens is 3. The smallest absolute Gasteiger partial charge is 0.384 e. The van der Waals surface area contributed by atoms with Crippen LogP contribution in [0.5, 0.6) is 0 Å². The summed E-state index contributed by atoms with van der Waals surface area (Å²) in [7, 11) is 0. The zero-order valence-electron chi connectivity index (χ0n) is 17.1. The standard InChI is InChI=1S/C20H15F8N5O/c1-11-9-32-16(34)14(12(7-29)8-30-10-18(21,22)20(26,27)28)15(19(23,24)25)31-17(32)33(11)13-5-3-2-4-6-13/h2-9,29-30H,10H2,1H3/b12-8+,29-7?. The maximum absolute atomic E-state index is 13.9. The number of benzene rings is 1. The highest BCUT2D eigenvalue weighted by molar-refractivity contribution is 6.08. The molecule has 3 aromatic rings. The first kappa shape index (κ1) is 24.9. The highest BCUT2D eigenvalue weighted by atomic mass is 19.4. The first-order valence-electron chi connectivity index (χ1n) is 9.35. The number of nitrogens with one attached hydrogen (secondary N) is 2. The van der Waals surface area contributed by atoms with Gasteiger partial charge in [-0.1, -0.05) is 18.2 Å². The van der Waals surface area contributed by atoms with E-state index in [2.05, 4.69) is 4.98 Å². The minimum atomic E-state index is -5.91. The summed E-state index contributed by atoms with van der Waals surface area (Å²) in [5, 5.41) is 8.90. The van der Waals surface area contributed by atoms with Crippen molar-refractivity contribution in [2.24, 2.45) is 0 Å². The summed E-state index contributed by atoms with van der Waals surface area (Å²) in [5.74, 6) is -5.62. The van der Waals surface area contributed by atoms with E-state index in [1.807, 2.05) is 0 Å². The topological polar surface area (TPSA) is 75.2 Å². The minimum absolute atomic E-state index is 0.222. The summed E-state index contributed by atoms with van der Waals surface area (Å²) in [5.41, 5.74) is -4.38. The maximum Gasteiger partial charge on any atom is 0.455 e. The molecule has 0 atom stereocenters. The van der Waals surface area contributed by atoms with Gasteiger partial charge in [0, 0.05) is 35.6 Å². The van der Waals surface area contributed by atoms with Gasteiger partial charge in [0.15, 0.2) is 5.69 Å². The van der Waals surface area contributed by atoms with E-state index in [-0.39, 0.29) is 6.21 Å². The van der Waals surface area contributed by atoms with Crippen LogP contribution >= 0.6 is 0 Å². The van der Waals surface area contributed by atoms with E-state index in [1.165, 1.54) is 17.7 Å². The summed E-state index contributed by atoms with van der Waals surface area (Å²) in [4.78, 5) is 16.6. The Bertz CT molecular complexity index is 1300. The summed E-state index contributed by atoms with van der Waals surface area (Å²) < 4.78 is 107. The van der Waals surface area contributed by atoms with Gasteiger partial charge in [0.1, 0.15) is 0 Å². The summed E-state index contributed by atoms with van der Waals surface area (Å²) >= 11 is 0. The Balaban J connectivity index is 2.22. The Kier molecular flexibility index (Phi) is 6.28. The predicted molar refractivity (Wildman–Crippen MR) is 106 cm³/mol. The maximum atomic E-state index is 13.9.